The maximum atomic E-state index is 12.7. The van der Waals surface area contributed by atoms with Gasteiger partial charge in [-0.3, -0.25) is 15.0 Å². The third kappa shape index (κ3) is 5.66. The average Bonchev–Trinajstić information content (AvgIpc) is 2.63. The second-order valence-electron chi connectivity index (χ2n) is 4.90. The molecule has 0 saturated heterocycles. The molecular formula is C18H14F3N3O2. The molecule has 0 saturated carbocycles. The minimum atomic E-state index is -4.42. The molecule has 0 aliphatic carbocycles. The van der Waals surface area contributed by atoms with Gasteiger partial charge in [0.2, 0.25) is 0 Å². The molecule has 0 aliphatic rings. The number of aromatic nitrogens is 1. The van der Waals surface area contributed by atoms with Crippen molar-refractivity contribution in [2.45, 2.75) is 6.18 Å². The number of rotatable bonds is 5. The van der Waals surface area contributed by atoms with Gasteiger partial charge >= 0.3 is 12.1 Å². The van der Waals surface area contributed by atoms with E-state index in [-0.39, 0.29) is 5.69 Å². The molecular weight excluding hydrogens is 347 g/mol. The van der Waals surface area contributed by atoms with E-state index in [4.69, 9.17) is 0 Å². The summed E-state index contributed by atoms with van der Waals surface area (Å²) in [4.78, 5) is 23.2. The number of benzene rings is 1. The summed E-state index contributed by atoms with van der Waals surface area (Å²) in [6.45, 7) is 0. The van der Waals surface area contributed by atoms with E-state index >= 15 is 0 Å². The zero-order valence-corrected chi connectivity index (χ0v) is 13.6. The normalized spacial score (nSPS) is 12.3. The Morgan fingerprint density at radius 3 is 2.69 bits per heavy atom. The van der Waals surface area contributed by atoms with E-state index in [9.17, 15) is 18.0 Å². The van der Waals surface area contributed by atoms with E-state index in [0.29, 0.717) is 11.3 Å². The summed E-state index contributed by atoms with van der Waals surface area (Å²) >= 11 is 0. The van der Waals surface area contributed by atoms with E-state index in [1.54, 1.807) is 6.07 Å². The number of alkyl halides is 3. The number of ether oxygens (including phenoxy) is 1. The topological polar surface area (TPSA) is 63.9 Å². The summed E-state index contributed by atoms with van der Waals surface area (Å²) in [5.74, 6) is -0.519. The zero-order chi connectivity index (χ0) is 19.0. The number of hydrogen-bond donors (Lipinski definition) is 0. The molecule has 1 aromatic carbocycles. The van der Waals surface area contributed by atoms with Gasteiger partial charge in [-0.25, -0.2) is 4.79 Å². The lowest BCUT2D eigenvalue weighted by molar-refractivity contribution is -0.137. The second-order valence-corrected chi connectivity index (χ2v) is 4.90. The van der Waals surface area contributed by atoms with Crippen molar-refractivity contribution in [1.29, 1.82) is 0 Å². The Morgan fingerprint density at radius 1 is 1.19 bits per heavy atom. The van der Waals surface area contributed by atoms with Crippen molar-refractivity contribution in [3.05, 3.63) is 59.9 Å². The first kappa shape index (κ1) is 19.0. The number of nitrogens with zero attached hydrogens (tertiary/aromatic N) is 3. The van der Waals surface area contributed by atoms with E-state index < -0.39 is 17.7 Å². The maximum absolute atomic E-state index is 12.7. The zero-order valence-electron chi connectivity index (χ0n) is 13.6. The monoisotopic (exact) mass is 361 g/mol. The number of aliphatic imine (C=N–C) groups is 2. The highest BCUT2D eigenvalue weighted by atomic mass is 19.4. The van der Waals surface area contributed by atoms with Gasteiger partial charge in [0, 0.05) is 36.5 Å². The number of halogens is 3. The number of carbonyl (C=O) groups excluding carboxylic acids is 1. The summed E-state index contributed by atoms with van der Waals surface area (Å²) in [5, 5.41) is 0. The highest BCUT2D eigenvalue weighted by Gasteiger charge is 2.30. The highest BCUT2D eigenvalue weighted by Crippen LogP contribution is 2.31. The van der Waals surface area contributed by atoms with Crippen LogP contribution in [0.5, 0.6) is 0 Å². The molecule has 0 bridgehead atoms. The Balaban J connectivity index is 2.13. The van der Waals surface area contributed by atoms with Crippen molar-refractivity contribution in [3.63, 3.8) is 0 Å². The standard InChI is InChI=1S/C18H14F3N3O2/c1-26-17(25)6-5-13-12-22-8-7-16(13)24-10-9-23-15-4-2-3-14(11-15)18(19,20)21/h2-12H,1H3/b6-5+,23-9?,24-10?. The lowest BCUT2D eigenvalue weighted by Gasteiger charge is -2.06. The number of esters is 1. The van der Waals surface area contributed by atoms with Gasteiger partial charge < -0.3 is 4.74 Å². The third-order valence-electron chi connectivity index (χ3n) is 3.11. The molecule has 2 rings (SSSR count). The van der Waals surface area contributed by atoms with Crippen LogP contribution in [-0.2, 0) is 15.7 Å². The largest absolute Gasteiger partial charge is 0.466 e. The van der Waals surface area contributed by atoms with Crippen molar-refractivity contribution < 1.29 is 22.7 Å². The van der Waals surface area contributed by atoms with Gasteiger partial charge in [-0.1, -0.05) is 6.07 Å². The van der Waals surface area contributed by atoms with Crippen molar-refractivity contribution >= 4 is 35.8 Å². The van der Waals surface area contributed by atoms with Crippen molar-refractivity contribution in [1.82, 2.24) is 4.98 Å². The van der Waals surface area contributed by atoms with Crippen LogP contribution in [-0.4, -0.2) is 30.5 Å². The van der Waals surface area contributed by atoms with Gasteiger partial charge in [0.15, 0.2) is 0 Å². The van der Waals surface area contributed by atoms with Crippen LogP contribution in [0.25, 0.3) is 6.08 Å². The van der Waals surface area contributed by atoms with Crippen LogP contribution in [0.2, 0.25) is 0 Å². The first-order valence-corrected chi connectivity index (χ1v) is 7.34. The minimum Gasteiger partial charge on any atom is -0.466 e. The molecule has 0 aliphatic heterocycles. The summed E-state index contributed by atoms with van der Waals surface area (Å²) < 4.78 is 42.5. The van der Waals surface area contributed by atoms with E-state index in [1.165, 1.54) is 56.2 Å². The Labute approximate surface area is 147 Å². The smallest absolute Gasteiger partial charge is 0.416 e. The van der Waals surface area contributed by atoms with Crippen molar-refractivity contribution in [2.75, 3.05) is 7.11 Å². The quantitative estimate of drug-likeness (QED) is 0.451. The lowest BCUT2D eigenvalue weighted by Crippen LogP contribution is -2.03. The van der Waals surface area contributed by atoms with Gasteiger partial charge in [0.1, 0.15) is 0 Å². The van der Waals surface area contributed by atoms with Crippen LogP contribution in [0.4, 0.5) is 24.5 Å². The van der Waals surface area contributed by atoms with E-state index in [2.05, 4.69) is 19.7 Å². The molecule has 134 valence electrons. The molecule has 0 amide bonds. The minimum absolute atomic E-state index is 0.159. The molecule has 0 atom stereocenters. The maximum Gasteiger partial charge on any atom is 0.416 e. The molecule has 1 aromatic heterocycles. The number of hydrogen-bond acceptors (Lipinski definition) is 5. The predicted octanol–water partition coefficient (Wildman–Crippen LogP) is 4.39. The van der Waals surface area contributed by atoms with Gasteiger partial charge in [-0.15, -0.1) is 0 Å². The van der Waals surface area contributed by atoms with Gasteiger partial charge in [0.25, 0.3) is 0 Å². The Morgan fingerprint density at radius 2 is 1.96 bits per heavy atom. The van der Waals surface area contributed by atoms with Crippen LogP contribution < -0.4 is 0 Å². The fourth-order valence-corrected chi connectivity index (χ4v) is 1.87. The van der Waals surface area contributed by atoms with Gasteiger partial charge in [-0.2, -0.15) is 13.2 Å². The first-order valence-electron chi connectivity index (χ1n) is 7.34. The van der Waals surface area contributed by atoms with Crippen LogP contribution in [0.15, 0.2) is 58.8 Å². The summed E-state index contributed by atoms with van der Waals surface area (Å²) in [6.07, 6.45) is 3.96. The molecule has 0 N–H and O–H groups in total. The van der Waals surface area contributed by atoms with Gasteiger partial charge in [0.05, 0.1) is 24.0 Å². The SMILES string of the molecule is COC(=O)/C=C/c1cnccc1N=CC=Nc1cccc(C(F)(F)F)c1. The third-order valence-corrected chi connectivity index (χ3v) is 3.11. The molecule has 2 aromatic rings. The van der Waals surface area contributed by atoms with Crippen LogP contribution in [0.3, 0.4) is 0 Å². The van der Waals surface area contributed by atoms with Gasteiger partial charge in [-0.05, 0) is 30.3 Å². The Bertz CT molecular complexity index is 859. The molecule has 26 heavy (non-hydrogen) atoms. The van der Waals surface area contributed by atoms with E-state index in [1.807, 2.05) is 0 Å². The fraction of sp³-hybridized carbons (Fsp3) is 0.111. The average molecular weight is 361 g/mol. The Kier molecular flexibility index (Phi) is 6.37. The van der Waals surface area contributed by atoms with Crippen molar-refractivity contribution in [2.24, 2.45) is 9.98 Å². The molecule has 0 radical (unpaired) electrons. The molecule has 8 heteroatoms. The highest BCUT2D eigenvalue weighted by molar-refractivity contribution is 6.17. The van der Waals surface area contributed by atoms with Crippen LogP contribution in [0, 0.1) is 0 Å². The summed E-state index contributed by atoms with van der Waals surface area (Å²) in [5.41, 5.74) is 0.470. The van der Waals surface area contributed by atoms with E-state index in [0.717, 1.165) is 12.1 Å². The van der Waals surface area contributed by atoms with Crippen LogP contribution >= 0.6 is 0 Å². The second kappa shape index (κ2) is 8.70. The molecule has 1 heterocycles. The predicted molar refractivity (Wildman–Crippen MR) is 93.0 cm³/mol. The number of methoxy groups -OCH3 is 1. The van der Waals surface area contributed by atoms with Crippen molar-refractivity contribution in [3.8, 4) is 0 Å². The lowest BCUT2D eigenvalue weighted by atomic mass is 10.2. The summed E-state index contributed by atoms with van der Waals surface area (Å²) in [6, 6.07) is 6.28. The molecule has 0 fully saturated rings. The summed E-state index contributed by atoms with van der Waals surface area (Å²) in [7, 11) is 1.26. The number of carbonyl (C=O) groups is 1. The fourth-order valence-electron chi connectivity index (χ4n) is 1.87. The number of pyridine rings is 1. The first-order chi connectivity index (χ1) is 12.4. The molecule has 0 unspecified atom stereocenters. The Hall–Kier alpha value is -3.29. The molecule has 5 nitrogen and oxygen atoms in total. The van der Waals surface area contributed by atoms with Crippen LogP contribution in [0.1, 0.15) is 11.1 Å². The molecule has 0 spiro atoms.